The third kappa shape index (κ3) is 1.37. The van der Waals surface area contributed by atoms with Crippen LogP contribution in [0.1, 0.15) is 11.1 Å². The number of fused-ring (bicyclic) bond motifs is 1. The average molecular weight is 207 g/mol. The first-order chi connectivity index (χ1) is 6.74. The average Bonchev–Trinajstić information content (AvgIpc) is 2.23. The Morgan fingerprint density at radius 1 is 1.43 bits per heavy atom. The van der Waals surface area contributed by atoms with Crippen LogP contribution in [0.3, 0.4) is 0 Å². The number of nitrogens with zero attached hydrogens (tertiary/aromatic N) is 1. The molecule has 0 radical (unpaired) electrons. The van der Waals surface area contributed by atoms with Crippen molar-refractivity contribution in [2.75, 3.05) is 0 Å². The standard InChI is InChI=1S/C11H11ClN2/c1-7-6-14-11(12)10-8(5-13)3-2-4-9(7)10/h2-4,6H,5,13H2,1H3. The van der Waals surface area contributed by atoms with Gasteiger partial charge in [-0.25, -0.2) is 4.98 Å². The summed E-state index contributed by atoms with van der Waals surface area (Å²) in [6, 6.07) is 6.01. The molecule has 0 amide bonds. The maximum Gasteiger partial charge on any atom is 0.137 e. The van der Waals surface area contributed by atoms with E-state index in [-0.39, 0.29) is 0 Å². The van der Waals surface area contributed by atoms with Crippen LogP contribution in [-0.2, 0) is 6.54 Å². The van der Waals surface area contributed by atoms with E-state index in [2.05, 4.69) is 4.98 Å². The van der Waals surface area contributed by atoms with Gasteiger partial charge in [-0.3, -0.25) is 0 Å². The van der Waals surface area contributed by atoms with E-state index < -0.39 is 0 Å². The number of hydrogen-bond donors (Lipinski definition) is 1. The fourth-order valence-electron chi connectivity index (χ4n) is 1.63. The molecule has 0 spiro atoms. The van der Waals surface area contributed by atoms with Gasteiger partial charge in [-0.05, 0) is 23.4 Å². The number of aryl methyl sites for hydroxylation is 1. The zero-order valence-electron chi connectivity index (χ0n) is 7.92. The molecular weight excluding hydrogens is 196 g/mol. The maximum absolute atomic E-state index is 6.05. The Morgan fingerprint density at radius 3 is 2.93 bits per heavy atom. The lowest BCUT2D eigenvalue weighted by Gasteiger charge is -2.07. The molecule has 1 aromatic carbocycles. The van der Waals surface area contributed by atoms with E-state index in [0.29, 0.717) is 11.7 Å². The van der Waals surface area contributed by atoms with Crippen molar-refractivity contribution in [3.8, 4) is 0 Å². The van der Waals surface area contributed by atoms with Gasteiger partial charge in [0.1, 0.15) is 5.15 Å². The Balaban J connectivity index is 2.92. The summed E-state index contributed by atoms with van der Waals surface area (Å²) in [6.45, 7) is 2.51. The lowest BCUT2D eigenvalue weighted by Crippen LogP contribution is -1.98. The molecule has 0 saturated heterocycles. The summed E-state index contributed by atoms with van der Waals surface area (Å²) in [5.41, 5.74) is 7.82. The molecule has 0 aliphatic heterocycles. The first-order valence-corrected chi connectivity index (χ1v) is 4.84. The van der Waals surface area contributed by atoms with Gasteiger partial charge < -0.3 is 5.73 Å². The van der Waals surface area contributed by atoms with Crippen LogP contribution in [0.2, 0.25) is 5.15 Å². The molecule has 72 valence electrons. The van der Waals surface area contributed by atoms with Gasteiger partial charge in [0.15, 0.2) is 0 Å². The third-order valence-corrected chi connectivity index (χ3v) is 2.66. The van der Waals surface area contributed by atoms with Gasteiger partial charge in [-0.2, -0.15) is 0 Å². The molecule has 1 aromatic heterocycles. The van der Waals surface area contributed by atoms with Crippen molar-refractivity contribution in [3.05, 3.63) is 40.7 Å². The van der Waals surface area contributed by atoms with E-state index in [9.17, 15) is 0 Å². The molecule has 0 aliphatic carbocycles. The van der Waals surface area contributed by atoms with E-state index >= 15 is 0 Å². The van der Waals surface area contributed by atoms with Crippen LogP contribution >= 0.6 is 11.6 Å². The molecule has 0 bridgehead atoms. The minimum atomic E-state index is 0.488. The second-order valence-corrected chi connectivity index (χ2v) is 3.63. The highest BCUT2D eigenvalue weighted by molar-refractivity contribution is 6.34. The molecule has 2 rings (SSSR count). The highest BCUT2D eigenvalue weighted by Crippen LogP contribution is 2.27. The molecule has 1 heterocycles. The minimum absolute atomic E-state index is 0.488. The van der Waals surface area contributed by atoms with Crippen LogP contribution in [0.5, 0.6) is 0 Å². The second-order valence-electron chi connectivity index (χ2n) is 3.28. The Morgan fingerprint density at radius 2 is 2.21 bits per heavy atom. The summed E-state index contributed by atoms with van der Waals surface area (Å²) in [4.78, 5) is 4.13. The largest absolute Gasteiger partial charge is 0.326 e. The summed E-state index contributed by atoms with van der Waals surface area (Å²) >= 11 is 6.05. The Labute approximate surface area is 87.7 Å². The van der Waals surface area contributed by atoms with E-state index in [1.165, 1.54) is 0 Å². The van der Waals surface area contributed by atoms with E-state index in [1.54, 1.807) is 6.20 Å². The molecule has 0 atom stereocenters. The van der Waals surface area contributed by atoms with Crippen LogP contribution in [-0.4, -0.2) is 4.98 Å². The van der Waals surface area contributed by atoms with Gasteiger partial charge in [0.2, 0.25) is 0 Å². The lowest BCUT2D eigenvalue weighted by molar-refractivity contribution is 1.08. The van der Waals surface area contributed by atoms with Gasteiger partial charge in [-0.1, -0.05) is 29.8 Å². The van der Waals surface area contributed by atoms with Crippen LogP contribution < -0.4 is 5.73 Å². The van der Waals surface area contributed by atoms with E-state index in [1.807, 2.05) is 25.1 Å². The zero-order chi connectivity index (χ0) is 10.1. The smallest absolute Gasteiger partial charge is 0.137 e. The highest BCUT2D eigenvalue weighted by atomic mass is 35.5. The number of halogens is 1. The molecule has 0 unspecified atom stereocenters. The monoisotopic (exact) mass is 206 g/mol. The number of benzene rings is 1. The van der Waals surface area contributed by atoms with Crippen molar-refractivity contribution in [2.24, 2.45) is 5.73 Å². The Kier molecular flexibility index (Phi) is 2.40. The minimum Gasteiger partial charge on any atom is -0.326 e. The summed E-state index contributed by atoms with van der Waals surface area (Å²) in [5, 5.41) is 2.65. The molecule has 2 N–H and O–H groups in total. The maximum atomic E-state index is 6.05. The third-order valence-electron chi connectivity index (χ3n) is 2.37. The summed E-state index contributed by atoms with van der Waals surface area (Å²) in [7, 11) is 0. The van der Waals surface area contributed by atoms with E-state index in [4.69, 9.17) is 17.3 Å². The Bertz CT molecular complexity index is 480. The van der Waals surface area contributed by atoms with E-state index in [0.717, 1.165) is 21.9 Å². The fourth-order valence-corrected chi connectivity index (χ4v) is 1.90. The van der Waals surface area contributed by atoms with Gasteiger partial charge >= 0.3 is 0 Å². The Hall–Kier alpha value is -1.12. The van der Waals surface area contributed by atoms with Crippen molar-refractivity contribution in [1.29, 1.82) is 0 Å². The molecule has 0 fully saturated rings. The molecule has 14 heavy (non-hydrogen) atoms. The number of aromatic nitrogens is 1. The summed E-state index contributed by atoms with van der Waals surface area (Å²) in [6.07, 6.45) is 1.78. The predicted molar refractivity (Wildman–Crippen MR) is 59.4 cm³/mol. The predicted octanol–water partition coefficient (Wildman–Crippen LogP) is 2.66. The highest BCUT2D eigenvalue weighted by Gasteiger charge is 2.06. The molecule has 0 aliphatic rings. The first-order valence-electron chi connectivity index (χ1n) is 4.47. The fraction of sp³-hybridized carbons (Fsp3) is 0.182. The number of nitrogens with two attached hydrogens (primary N) is 1. The van der Waals surface area contributed by atoms with Crippen LogP contribution in [0.15, 0.2) is 24.4 Å². The number of pyridine rings is 1. The van der Waals surface area contributed by atoms with Gasteiger partial charge in [0.25, 0.3) is 0 Å². The molecule has 2 nitrogen and oxygen atoms in total. The molecule has 2 aromatic rings. The van der Waals surface area contributed by atoms with Gasteiger partial charge in [0.05, 0.1) is 0 Å². The molecular formula is C11H11ClN2. The van der Waals surface area contributed by atoms with Crippen molar-refractivity contribution < 1.29 is 0 Å². The normalized spacial score (nSPS) is 10.8. The molecule has 3 heteroatoms. The number of hydrogen-bond acceptors (Lipinski definition) is 2. The van der Waals surface area contributed by atoms with Crippen molar-refractivity contribution in [3.63, 3.8) is 0 Å². The summed E-state index contributed by atoms with van der Waals surface area (Å²) < 4.78 is 0. The van der Waals surface area contributed by atoms with Gasteiger partial charge in [0, 0.05) is 18.1 Å². The van der Waals surface area contributed by atoms with Gasteiger partial charge in [-0.15, -0.1) is 0 Å². The summed E-state index contributed by atoms with van der Waals surface area (Å²) in [5.74, 6) is 0. The second kappa shape index (κ2) is 3.56. The first kappa shape index (κ1) is 9.44. The SMILES string of the molecule is Cc1cnc(Cl)c2c(CN)cccc12. The molecule has 0 saturated carbocycles. The number of rotatable bonds is 1. The topological polar surface area (TPSA) is 38.9 Å². The zero-order valence-corrected chi connectivity index (χ0v) is 8.67. The van der Waals surface area contributed by atoms with Crippen molar-refractivity contribution >= 4 is 22.4 Å². The van der Waals surface area contributed by atoms with Crippen LogP contribution in [0.4, 0.5) is 0 Å². The quantitative estimate of drug-likeness (QED) is 0.729. The van der Waals surface area contributed by atoms with Crippen LogP contribution in [0, 0.1) is 6.92 Å². The lowest BCUT2D eigenvalue weighted by atomic mass is 10.0. The van der Waals surface area contributed by atoms with Crippen LogP contribution in [0.25, 0.3) is 10.8 Å². The van der Waals surface area contributed by atoms with Crippen molar-refractivity contribution in [2.45, 2.75) is 13.5 Å². The van der Waals surface area contributed by atoms with Crippen molar-refractivity contribution in [1.82, 2.24) is 4.98 Å².